The van der Waals surface area contributed by atoms with E-state index in [-0.39, 0.29) is 4.90 Å². The van der Waals surface area contributed by atoms with Gasteiger partial charge >= 0.3 is 0 Å². The summed E-state index contributed by atoms with van der Waals surface area (Å²) in [4.78, 5) is 0.225. The van der Waals surface area contributed by atoms with Crippen molar-refractivity contribution in [1.29, 1.82) is 0 Å². The van der Waals surface area contributed by atoms with E-state index in [1.807, 2.05) is 6.92 Å². The quantitative estimate of drug-likeness (QED) is 0.857. The van der Waals surface area contributed by atoms with E-state index in [9.17, 15) is 8.42 Å². The Kier molecular flexibility index (Phi) is 5.22. The first-order valence-corrected chi connectivity index (χ1v) is 8.45. The molecule has 112 valence electrons. The Hall–Kier alpha value is -1.56. The molecule has 2 aromatic carbocycles. The number of hydrogen-bond donors (Lipinski definition) is 2. The van der Waals surface area contributed by atoms with Crippen molar-refractivity contribution in [3.63, 3.8) is 0 Å². The van der Waals surface area contributed by atoms with Gasteiger partial charge in [0.1, 0.15) is 0 Å². The molecule has 2 N–H and O–H groups in total. The summed E-state index contributed by atoms with van der Waals surface area (Å²) in [7, 11) is -3.60. The maximum absolute atomic E-state index is 12.3. The van der Waals surface area contributed by atoms with Gasteiger partial charge in [0.2, 0.25) is 0 Å². The first kappa shape index (κ1) is 15.8. The van der Waals surface area contributed by atoms with Crippen LogP contribution in [0.5, 0.6) is 0 Å². The largest absolute Gasteiger partial charge is 0.313 e. The summed E-state index contributed by atoms with van der Waals surface area (Å²) < 4.78 is 27.0. The van der Waals surface area contributed by atoms with Gasteiger partial charge in [-0.25, -0.2) is 8.42 Å². The van der Waals surface area contributed by atoms with Crippen LogP contribution in [0.3, 0.4) is 0 Å². The van der Waals surface area contributed by atoms with Crippen LogP contribution in [0, 0.1) is 0 Å². The molecule has 0 unspecified atom stereocenters. The lowest BCUT2D eigenvalue weighted by atomic mass is 10.2. The van der Waals surface area contributed by atoms with Gasteiger partial charge in [0.05, 0.1) is 10.6 Å². The Labute approximate surface area is 130 Å². The zero-order chi connectivity index (χ0) is 15.3. The summed E-state index contributed by atoms with van der Waals surface area (Å²) in [5.74, 6) is 0. The van der Waals surface area contributed by atoms with E-state index in [4.69, 9.17) is 11.6 Å². The normalized spacial score (nSPS) is 11.3. The number of sulfonamides is 1. The molecule has 0 aliphatic carbocycles. The topological polar surface area (TPSA) is 58.2 Å². The molecule has 0 amide bonds. The molecule has 21 heavy (non-hydrogen) atoms. The second-order valence-corrected chi connectivity index (χ2v) is 6.66. The van der Waals surface area contributed by atoms with E-state index in [0.29, 0.717) is 10.7 Å². The maximum Gasteiger partial charge on any atom is 0.261 e. The zero-order valence-corrected chi connectivity index (χ0v) is 13.2. The smallest absolute Gasteiger partial charge is 0.261 e. The van der Waals surface area contributed by atoms with E-state index in [0.717, 1.165) is 18.7 Å². The number of anilines is 1. The van der Waals surface area contributed by atoms with E-state index in [2.05, 4.69) is 10.0 Å². The summed E-state index contributed by atoms with van der Waals surface area (Å²) >= 11 is 5.85. The van der Waals surface area contributed by atoms with Gasteiger partial charge in [0.15, 0.2) is 0 Å². The Morgan fingerprint density at radius 1 is 1.10 bits per heavy atom. The minimum absolute atomic E-state index is 0.225. The number of nitrogens with one attached hydrogen (secondary N) is 2. The van der Waals surface area contributed by atoms with Crippen molar-refractivity contribution < 1.29 is 8.42 Å². The predicted octanol–water partition coefficient (Wildman–Crippen LogP) is 3.25. The second kappa shape index (κ2) is 6.93. The molecule has 0 fully saturated rings. The monoisotopic (exact) mass is 324 g/mol. The molecular formula is C15H17ClN2O2S. The van der Waals surface area contributed by atoms with Gasteiger partial charge in [0.25, 0.3) is 10.0 Å². The van der Waals surface area contributed by atoms with Gasteiger partial charge in [0, 0.05) is 11.6 Å². The Bertz CT molecular complexity index is 700. The first-order chi connectivity index (χ1) is 10.0. The van der Waals surface area contributed by atoms with Crippen LogP contribution in [-0.2, 0) is 16.6 Å². The standard InChI is InChI=1S/C15H17ClN2O2S/c1-2-17-11-12-6-8-15(9-7-12)21(19,20)18-14-5-3-4-13(16)10-14/h3-10,17-18H,2,11H2,1H3. The average molecular weight is 325 g/mol. The maximum atomic E-state index is 12.3. The van der Waals surface area contributed by atoms with Crippen LogP contribution in [0.4, 0.5) is 5.69 Å². The molecule has 4 nitrogen and oxygen atoms in total. The van der Waals surface area contributed by atoms with Crippen molar-refractivity contribution in [2.75, 3.05) is 11.3 Å². The third kappa shape index (κ3) is 4.46. The van der Waals surface area contributed by atoms with Gasteiger partial charge < -0.3 is 5.32 Å². The highest BCUT2D eigenvalue weighted by molar-refractivity contribution is 7.92. The number of benzene rings is 2. The molecule has 0 saturated carbocycles. The Balaban J connectivity index is 2.15. The van der Waals surface area contributed by atoms with E-state index in [1.165, 1.54) is 0 Å². The summed E-state index contributed by atoms with van der Waals surface area (Å²) in [6.45, 7) is 3.61. The lowest BCUT2D eigenvalue weighted by Gasteiger charge is -2.09. The third-order valence-electron chi connectivity index (χ3n) is 2.89. The van der Waals surface area contributed by atoms with Crippen LogP contribution in [0.1, 0.15) is 12.5 Å². The van der Waals surface area contributed by atoms with Gasteiger partial charge in [-0.2, -0.15) is 0 Å². The highest BCUT2D eigenvalue weighted by Crippen LogP contribution is 2.19. The summed E-state index contributed by atoms with van der Waals surface area (Å²) in [5.41, 5.74) is 1.48. The molecule has 0 aromatic heterocycles. The fourth-order valence-corrected chi connectivity index (χ4v) is 3.06. The van der Waals surface area contributed by atoms with Crippen molar-refractivity contribution in [2.24, 2.45) is 0 Å². The van der Waals surface area contributed by atoms with Gasteiger partial charge in [-0.15, -0.1) is 0 Å². The SMILES string of the molecule is CCNCc1ccc(S(=O)(=O)Nc2cccc(Cl)c2)cc1. The van der Waals surface area contributed by atoms with Crippen LogP contribution in [-0.4, -0.2) is 15.0 Å². The van der Waals surface area contributed by atoms with Crippen LogP contribution in [0.15, 0.2) is 53.4 Å². The van der Waals surface area contributed by atoms with Crippen molar-refractivity contribution in [3.05, 3.63) is 59.1 Å². The summed E-state index contributed by atoms with van der Waals surface area (Å²) in [6.07, 6.45) is 0. The molecule has 0 spiro atoms. The fraction of sp³-hybridized carbons (Fsp3) is 0.200. The molecule has 2 rings (SSSR count). The highest BCUT2D eigenvalue weighted by Gasteiger charge is 2.14. The second-order valence-electron chi connectivity index (χ2n) is 4.54. The summed E-state index contributed by atoms with van der Waals surface area (Å²) in [6, 6.07) is 13.4. The van der Waals surface area contributed by atoms with Crippen LogP contribution < -0.4 is 10.0 Å². The third-order valence-corrected chi connectivity index (χ3v) is 4.52. The highest BCUT2D eigenvalue weighted by atomic mass is 35.5. The van der Waals surface area contributed by atoms with Crippen molar-refractivity contribution in [3.8, 4) is 0 Å². The zero-order valence-electron chi connectivity index (χ0n) is 11.6. The Morgan fingerprint density at radius 3 is 2.43 bits per heavy atom. The van der Waals surface area contributed by atoms with Crippen LogP contribution in [0.25, 0.3) is 0 Å². The van der Waals surface area contributed by atoms with Gasteiger partial charge in [-0.05, 0) is 42.4 Å². The van der Waals surface area contributed by atoms with Crippen LogP contribution in [0.2, 0.25) is 5.02 Å². The lowest BCUT2D eigenvalue weighted by Crippen LogP contribution is -2.14. The number of halogens is 1. The van der Waals surface area contributed by atoms with Gasteiger partial charge in [-0.3, -0.25) is 4.72 Å². The number of hydrogen-bond acceptors (Lipinski definition) is 3. The van der Waals surface area contributed by atoms with Crippen molar-refractivity contribution in [1.82, 2.24) is 5.32 Å². The molecule has 0 atom stereocenters. The molecule has 0 bridgehead atoms. The molecule has 0 saturated heterocycles. The molecule has 0 heterocycles. The minimum Gasteiger partial charge on any atom is -0.313 e. The Morgan fingerprint density at radius 2 is 1.81 bits per heavy atom. The van der Waals surface area contributed by atoms with Crippen LogP contribution >= 0.6 is 11.6 Å². The van der Waals surface area contributed by atoms with Crippen molar-refractivity contribution in [2.45, 2.75) is 18.4 Å². The van der Waals surface area contributed by atoms with E-state index in [1.54, 1.807) is 48.5 Å². The summed E-state index contributed by atoms with van der Waals surface area (Å²) in [5, 5.41) is 3.67. The minimum atomic E-state index is -3.60. The molecule has 6 heteroatoms. The molecule has 2 aromatic rings. The first-order valence-electron chi connectivity index (χ1n) is 6.59. The van der Waals surface area contributed by atoms with E-state index >= 15 is 0 Å². The molecular weight excluding hydrogens is 308 g/mol. The molecule has 0 aliphatic rings. The fourth-order valence-electron chi connectivity index (χ4n) is 1.82. The number of rotatable bonds is 6. The van der Waals surface area contributed by atoms with Gasteiger partial charge in [-0.1, -0.05) is 36.7 Å². The predicted molar refractivity (Wildman–Crippen MR) is 86.1 cm³/mol. The molecule has 0 aliphatic heterocycles. The average Bonchev–Trinajstić information content (AvgIpc) is 2.45. The van der Waals surface area contributed by atoms with E-state index < -0.39 is 10.0 Å². The van der Waals surface area contributed by atoms with Crippen molar-refractivity contribution >= 4 is 27.3 Å². The lowest BCUT2D eigenvalue weighted by molar-refractivity contribution is 0.601. The molecule has 0 radical (unpaired) electrons.